The highest BCUT2D eigenvalue weighted by Gasteiger charge is 2.27. The lowest BCUT2D eigenvalue weighted by atomic mass is 10.1. The number of rotatable bonds is 5. The standard InChI is InChI=1S/C11H12ClF4NS/c1-7(17-4-5-18-11(14,15)16)8-2-3-9(12)10(13)6-8/h2-3,6-7,17H,4-5H2,1H3. The molecule has 1 nitrogen and oxygen atoms in total. The second-order valence-electron chi connectivity index (χ2n) is 3.64. The molecular weight excluding hydrogens is 290 g/mol. The number of hydrogen-bond donors (Lipinski definition) is 1. The molecule has 1 aromatic carbocycles. The average molecular weight is 302 g/mol. The van der Waals surface area contributed by atoms with E-state index in [0.717, 1.165) is 0 Å². The minimum atomic E-state index is -4.21. The minimum absolute atomic E-state index is 0.0265. The van der Waals surface area contributed by atoms with Gasteiger partial charge in [0.15, 0.2) is 0 Å². The van der Waals surface area contributed by atoms with Gasteiger partial charge in [0, 0.05) is 18.3 Å². The Morgan fingerprint density at radius 2 is 2.06 bits per heavy atom. The van der Waals surface area contributed by atoms with Crippen molar-refractivity contribution >= 4 is 23.4 Å². The van der Waals surface area contributed by atoms with Crippen molar-refractivity contribution in [3.8, 4) is 0 Å². The molecule has 0 aliphatic rings. The lowest BCUT2D eigenvalue weighted by Gasteiger charge is -2.14. The molecular formula is C11H12ClF4NS. The van der Waals surface area contributed by atoms with Crippen LogP contribution in [0, 0.1) is 5.82 Å². The fourth-order valence-electron chi connectivity index (χ4n) is 1.34. The van der Waals surface area contributed by atoms with Crippen molar-refractivity contribution in [1.29, 1.82) is 0 Å². The predicted molar refractivity (Wildman–Crippen MR) is 66.3 cm³/mol. The van der Waals surface area contributed by atoms with Crippen molar-refractivity contribution in [1.82, 2.24) is 5.32 Å². The van der Waals surface area contributed by atoms with Gasteiger partial charge in [-0.15, -0.1) is 0 Å². The summed E-state index contributed by atoms with van der Waals surface area (Å²) in [5.41, 5.74) is -3.56. The first-order chi connectivity index (χ1) is 8.29. The van der Waals surface area contributed by atoms with E-state index in [1.165, 1.54) is 12.1 Å². The third kappa shape index (κ3) is 5.46. The van der Waals surface area contributed by atoms with Gasteiger partial charge in [-0.25, -0.2) is 4.39 Å². The lowest BCUT2D eigenvalue weighted by Crippen LogP contribution is -2.22. The van der Waals surface area contributed by atoms with Gasteiger partial charge in [0.25, 0.3) is 0 Å². The van der Waals surface area contributed by atoms with Gasteiger partial charge < -0.3 is 5.32 Å². The van der Waals surface area contributed by atoms with Gasteiger partial charge in [-0.3, -0.25) is 0 Å². The summed E-state index contributed by atoms with van der Waals surface area (Å²) >= 11 is 5.46. The molecule has 0 amide bonds. The van der Waals surface area contributed by atoms with E-state index in [2.05, 4.69) is 5.32 Å². The summed E-state index contributed by atoms with van der Waals surface area (Å²) in [6, 6.07) is 4.11. The molecule has 0 heterocycles. The number of nitrogens with one attached hydrogen (secondary N) is 1. The summed E-state index contributed by atoms with van der Waals surface area (Å²) < 4.78 is 48.8. The maximum atomic E-state index is 13.2. The minimum Gasteiger partial charge on any atom is -0.309 e. The van der Waals surface area contributed by atoms with Gasteiger partial charge in [-0.1, -0.05) is 17.7 Å². The third-order valence-corrected chi connectivity index (χ3v) is 3.30. The van der Waals surface area contributed by atoms with Gasteiger partial charge >= 0.3 is 5.51 Å². The second kappa shape index (κ2) is 6.63. The van der Waals surface area contributed by atoms with E-state index in [0.29, 0.717) is 5.56 Å². The second-order valence-corrected chi connectivity index (χ2v) is 5.21. The zero-order chi connectivity index (χ0) is 13.8. The van der Waals surface area contributed by atoms with Crippen molar-refractivity contribution in [2.24, 2.45) is 0 Å². The van der Waals surface area contributed by atoms with Crippen LogP contribution in [0.5, 0.6) is 0 Å². The van der Waals surface area contributed by atoms with Crippen LogP contribution in [0.15, 0.2) is 18.2 Å². The molecule has 1 atom stereocenters. The van der Waals surface area contributed by atoms with Crippen LogP contribution in [0.3, 0.4) is 0 Å². The quantitative estimate of drug-likeness (QED) is 0.640. The number of hydrogen-bond acceptors (Lipinski definition) is 2. The smallest absolute Gasteiger partial charge is 0.309 e. The number of benzene rings is 1. The summed E-state index contributed by atoms with van der Waals surface area (Å²) in [5, 5.41) is 2.91. The van der Waals surface area contributed by atoms with Crippen molar-refractivity contribution in [3.05, 3.63) is 34.6 Å². The van der Waals surface area contributed by atoms with Crippen LogP contribution >= 0.6 is 23.4 Å². The molecule has 0 aliphatic carbocycles. The Balaban J connectivity index is 2.41. The molecule has 0 saturated carbocycles. The Morgan fingerprint density at radius 3 is 2.61 bits per heavy atom. The molecule has 0 saturated heterocycles. The molecule has 0 spiro atoms. The van der Waals surface area contributed by atoms with Crippen LogP contribution in [0.25, 0.3) is 0 Å². The Bertz CT molecular complexity index is 397. The van der Waals surface area contributed by atoms with Crippen molar-refractivity contribution in [2.45, 2.75) is 18.5 Å². The highest BCUT2D eigenvalue weighted by Crippen LogP contribution is 2.29. The SMILES string of the molecule is CC(NCCSC(F)(F)F)c1ccc(Cl)c(F)c1. The van der Waals surface area contributed by atoms with E-state index in [-0.39, 0.29) is 35.1 Å². The predicted octanol–water partition coefficient (Wildman–Crippen LogP) is 4.38. The number of thioether (sulfide) groups is 1. The molecule has 7 heteroatoms. The lowest BCUT2D eigenvalue weighted by molar-refractivity contribution is -0.0327. The highest BCUT2D eigenvalue weighted by molar-refractivity contribution is 8.00. The molecule has 102 valence electrons. The van der Waals surface area contributed by atoms with E-state index >= 15 is 0 Å². The summed E-state index contributed by atoms with van der Waals surface area (Å²) in [7, 11) is 0. The topological polar surface area (TPSA) is 12.0 Å². The fourth-order valence-corrected chi connectivity index (χ4v) is 1.91. The van der Waals surface area contributed by atoms with Gasteiger partial charge in [0.1, 0.15) is 5.82 Å². The van der Waals surface area contributed by atoms with Crippen molar-refractivity contribution < 1.29 is 17.6 Å². The zero-order valence-corrected chi connectivity index (χ0v) is 11.1. The molecule has 1 N–H and O–H groups in total. The van der Waals surface area contributed by atoms with Crippen molar-refractivity contribution in [2.75, 3.05) is 12.3 Å². The van der Waals surface area contributed by atoms with Crippen LogP contribution in [0.4, 0.5) is 17.6 Å². The van der Waals surface area contributed by atoms with E-state index in [1.54, 1.807) is 13.0 Å². The van der Waals surface area contributed by atoms with Crippen LogP contribution in [0.2, 0.25) is 5.02 Å². The average Bonchev–Trinajstić information content (AvgIpc) is 2.26. The summed E-state index contributed by atoms with van der Waals surface area (Å²) in [6.07, 6.45) is 0. The summed E-state index contributed by atoms with van der Waals surface area (Å²) in [4.78, 5) is 0. The normalized spacial score (nSPS) is 13.7. The van der Waals surface area contributed by atoms with Gasteiger partial charge in [-0.2, -0.15) is 13.2 Å². The van der Waals surface area contributed by atoms with Gasteiger partial charge in [0.2, 0.25) is 0 Å². The van der Waals surface area contributed by atoms with E-state index in [1.807, 2.05) is 0 Å². The van der Waals surface area contributed by atoms with Crippen LogP contribution in [-0.2, 0) is 0 Å². The molecule has 0 aromatic heterocycles. The molecule has 1 rings (SSSR count). The number of alkyl halides is 3. The van der Waals surface area contributed by atoms with E-state index in [9.17, 15) is 17.6 Å². The first-order valence-electron chi connectivity index (χ1n) is 5.18. The Labute approximate surface area is 112 Å². The van der Waals surface area contributed by atoms with Crippen LogP contribution in [0.1, 0.15) is 18.5 Å². The molecule has 0 aliphatic heterocycles. The summed E-state index contributed by atoms with van der Waals surface area (Å²) in [5.74, 6) is -0.614. The largest absolute Gasteiger partial charge is 0.441 e. The summed E-state index contributed by atoms with van der Waals surface area (Å²) in [6.45, 7) is 1.94. The van der Waals surface area contributed by atoms with Crippen LogP contribution in [-0.4, -0.2) is 17.8 Å². The van der Waals surface area contributed by atoms with Crippen molar-refractivity contribution in [3.63, 3.8) is 0 Å². The molecule has 18 heavy (non-hydrogen) atoms. The van der Waals surface area contributed by atoms with Crippen LogP contribution < -0.4 is 5.32 Å². The maximum absolute atomic E-state index is 13.2. The van der Waals surface area contributed by atoms with E-state index in [4.69, 9.17) is 11.6 Å². The zero-order valence-electron chi connectivity index (χ0n) is 9.52. The fraction of sp³-hybridized carbons (Fsp3) is 0.455. The van der Waals surface area contributed by atoms with Gasteiger partial charge in [0.05, 0.1) is 5.02 Å². The maximum Gasteiger partial charge on any atom is 0.441 e. The molecule has 0 bridgehead atoms. The number of halogens is 5. The first kappa shape index (κ1) is 15.6. The molecule has 0 radical (unpaired) electrons. The Hall–Kier alpha value is -0.460. The monoisotopic (exact) mass is 301 g/mol. The Morgan fingerprint density at radius 1 is 1.39 bits per heavy atom. The first-order valence-corrected chi connectivity index (χ1v) is 6.55. The van der Waals surface area contributed by atoms with Gasteiger partial charge in [-0.05, 0) is 36.4 Å². The van der Waals surface area contributed by atoms with E-state index < -0.39 is 11.3 Å². The molecule has 1 aromatic rings. The third-order valence-electron chi connectivity index (χ3n) is 2.26. The Kier molecular flexibility index (Phi) is 5.75. The molecule has 1 unspecified atom stereocenters. The molecule has 0 fully saturated rings. The highest BCUT2D eigenvalue weighted by atomic mass is 35.5.